The van der Waals surface area contributed by atoms with Crippen LogP contribution >= 0.6 is 15.9 Å². The predicted octanol–water partition coefficient (Wildman–Crippen LogP) is 2.67. The maximum Gasteiger partial charge on any atom is 0.337 e. The summed E-state index contributed by atoms with van der Waals surface area (Å²) in [6, 6.07) is 0. The zero-order valence-corrected chi connectivity index (χ0v) is 14.3. The fourth-order valence-electron chi connectivity index (χ4n) is 2.70. The number of rotatable bonds is 4. The van der Waals surface area contributed by atoms with Crippen LogP contribution in [0.25, 0.3) is 0 Å². The van der Waals surface area contributed by atoms with E-state index >= 15 is 0 Å². The number of carbonyl (C=O) groups is 1. The van der Waals surface area contributed by atoms with E-state index < -0.39 is 12.1 Å². The molecular weight excluding hydrogens is 336 g/mol. The van der Waals surface area contributed by atoms with Gasteiger partial charge in [-0.3, -0.25) is 4.98 Å². The Kier molecular flexibility index (Phi) is 4.58. The van der Waals surface area contributed by atoms with Crippen molar-refractivity contribution in [2.45, 2.75) is 33.8 Å². The summed E-state index contributed by atoms with van der Waals surface area (Å²) in [4.78, 5) is 17.6. The molecule has 1 aromatic rings. The van der Waals surface area contributed by atoms with Gasteiger partial charge in [-0.05, 0) is 41.6 Å². The molecule has 0 bridgehead atoms. The van der Waals surface area contributed by atoms with E-state index in [9.17, 15) is 9.90 Å². The largest absolute Gasteiger partial charge is 0.479 e. The molecule has 0 amide bonds. The van der Waals surface area contributed by atoms with Crippen LogP contribution in [0, 0.1) is 25.7 Å². The number of aliphatic hydroxyl groups excluding tert-OH is 1. The van der Waals surface area contributed by atoms with Gasteiger partial charge in [0.1, 0.15) is 0 Å². The molecule has 0 saturated carbocycles. The molecule has 1 aromatic heterocycles. The second-order valence-electron chi connectivity index (χ2n) is 6.01. The standard InChI is InChI=1S/C15H21BrN2O3/c1-7(2)10-5-18(6-10)13-11(14(19)15(20)21)8(3)17-9(4)12(13)16/h7,10,14,19H,5-6H2,1-4H3,(H,20,21). The lowest BCUT2D eigenvalue weighted by Gasteiger charge is -2.45. The van der Waals surface area contributed by atoms with Crippen molar-refractivity contribution in [3.05, 3.63) is 21.4 Å². The molecule has 2 heterocycles. The number of carboxylic acid groups (broad SMARTS) is 1. The Bertz CT molecular complexity index is 569. The van der Waals surface area contributed by atoms with E-state index in [2.05, 4.69) is 39.7 Å². The Morgan fingerprint density at radius 2 is 1.90 bits per heavy atom. The molecule has 6 heteroatoms. The average molecular weight is 357 g/mol. The van der Waals surface area contributed by atoms with Crippen molar-refractivity contribution in [3.63, 3.8) is 0 Å². The van der Waals surface area contributed by atoms with Crippen LogP contribution in [0.5, 0.6) is 0 Å². The van der Waals surface area contributed by atoms with E-state index in [4.69, 9.17) is 5.11 Å². The first-order chi connectivity index (χ1) is 9.73. The van der Waals surface area contributed by atoms with Gasteiger partial charge in [0.2, 0.25) is 0 Å². The Morgan fingerprint density at radius 3 is 2.38 bits per heavy atom. The summed E-state index contributed by atoms with van der Waals surface area (Å²) in [7, 11) is 0. The molecule has 0 spiro atoms. The Hall–Kier alpha value is -1.14. The Balaban J connectivity index is 2.46. The van der Waals surface area contributed by atoms with Crippen molar-refractivity contribution in [2.75, 3.05) is 18.0 Å². The summed E-state index contributed by atoms with van der Waals surface area (Å²) in [5.41, 5.74) is 2.53. The number of anilines is 1. The van der Waals surface area contributed by atoms with Gasteiger partial charge >= 0.3 is 5.97 Å². The highest BCUT2D eigenvalue weighted by molar-refractivity contribution is 9.10. The topological polar surface area (TPSA) is 73.7 Å². The number of carboxylic acids is 1. The van der Waals surface area contributed by atoms with Crippen LogP contribution in [0.4, 0.5) is 5.69 Å². The van der Waals surface area contributed by atoms with Crippen molar-refractivity contribution in [1.82, 2.24) is 4.98 Å². The Morgan fingerprint density at radius 1 is 1.33 bits per heavy atom. The molecule has 2 rings (SSSR count). The summed E-state index contributed by atoms with van der Waals surface area (Å²) in [5, 5.41) is 19.2. The van der Waals surface area contributed by atoms with Gasteiger partial charge in [0.15, 0.2) is 6.10 Å². The molecule has 2 N–H and O–H groups in total. The van der Waals surface area contributed by atoms with E-state index in [1.54, 1.807) is 6.92 Å². The third kappa shape index (κ3) is 2.92. The lowest BCUT2D eigenvalue weighted by atomic mass is 9.87. The summed E-state index contributed by atoms with van der Waals surface area (Å²) in [6.07, 6.45) is -1.55. The molecule has 1 unspecified atom stereocenters. The van der Waals surface area contributed by atoms with Gasteiger partial charge in [-0.2, -0.15) is 0 Å². The lowest BCUT2D eigenvalue weighted by molar-refractivity contribution is -0.147. The predicted molar refractivity (Wildman–Crippen MR) is 84.5 cm³/mol. The number of pyridine rings is 1. The van der Waals surface area contributed by atoms with Gasteiger partial charge in [-0.1, -0.05) is 13.8 Å². The molecule has 1 aliphatic heterocycles. The van der Waals surface area contributed by atoms with Crippen molar-refractivity contribution >= 4 is 27.6 Å². The number of nitrogens with zero attached hydrogens (tertiary/aromatic N) is 2. The second-order valence-corrected chi connectivity index (χ2v) is 6.80. The highest BCUT2D eigenvalue weighted by atomic mass is 79.9. The van der Waals surface area contributed by atoms with Crippen molar-refractivity contribution in [1.29, 1.82) is 0 Å². The number of aliphatic hydroxyl groups is 1. The van der Waals surface area contributed by atoms with Crippen LogP contribution in [0.2, 0.25) is 0 Å². The highest BCUT2D eigenvalue weighted by Gasteiger charge is 2.35. The van der Waals surface area contributed by atoms with Crippen LogP contribution < -0.4 is 4.90 Å². The number of halogens is 1. The summed E-state index contributed by atoms with van der Waals surface area (Å²) >= 11 is 3.51. The lowest BCUT2D eigenvalue weighted by Crippen LogP contribution is -2.50. The summed E-state index contributed by atoms with van der Waals surface area (Å²) in [6.45, 7) is 9.73. The van der Waals surface area contributed by atoms with Gasteiger partial charge in [0.25, 0.3) is 0 Å². The number of hydrogen-bond acceptors (Lipinski definition) is 4. The van der Waals surface area contributed by atoms with Gasteiger partial charge in [0.05, 0.1) is 15.9 Å². The van der Waals surface area contributed by atoms with Gasteiger partial charge in [-0.25, -0.2) is 4.79 Å². The molecule has 0 aliphatic carbocycles. The first kappa shape index (κ1) is 16.2. The quantitative estimate of drug-likeness (QED) is 0.867. The van der Waals surface area contributed by atoms with E-state index in [1.807, 2.05) is 6.92 Å². The first-order valence-corrected chi connectivity index (χ1v) is 7.85. The summed E-state index contributed by atoms with van der Waals surface area (Å²) < 4.78 is 0.769. The zero-order chi connectivity index (χ0) is 15.9. The molecule has 1 saturated heterocycles. The first-order valence-electron chi connectivity index (χ1n) is 7.06. The third-order valence-electron chi connectivity index (χ3n) is 4.18. The van der Waals surface area contributed by atoms with E-state index in [-0.39, 0.29) is 0 Å². The molecular formula is C15H21BrN2O3. The van der Waals surface area contributed by atoms with E-state index in [0.29, 0.717) is 23.1 Å². The van der Waals surface area contributed by atoms with Crippen molar-refractivity contribution in [3.8, 4) is 0 Å². The molecule has 1 fully saturated rings. The van der Waals surface area contributed by atoms with Crippen LogP contribution in [0.3, 0.4) is 0 Å². The number of hydrogen-bond donors (Lipinski definition) is 2. The number of aliphatic carboxylic acids is 1. The van der Waals surface area contributed by atoms with Crippen LogP contribution in [-0.2, 0) is 4.79 Å². The molecule has 1 aliphatic rings. The minimum absolute atomic E-state index is 0.391. The minimum Gasteiger partial charge on any atom is -0.479 e. The smallest absolute Gasteiger partial charge is 0.337 e. The molecule has 5 nitrogen and oxygen atoms in total. The normalized spacial score (nSPS) is 17.0. The average Bonchev–Trinajstić information content (AvgIpc) is 2.32. The van der Waals surface area contributed by atoms with E-state index in [0.717, 1.165) is 28.9 Å². The highest BCUT2D eigenvalue weighted by Crippen LogP contribution is 2.41. The fraction of sp³-hybridized carbons (Fsp3) is 0.600. The van der Waals surface area contributed by atoms with Crippen LogP contribution in [0.15, 0.2) is 4.47 Å². The van der Waals surface area contributed by atoms with Gasteiger partial charge in [-0.15, -0.1) is 0 Å². The summed E-state index contributed by atoms with van der Waals surface area (Å²) in [5.74, 6) is -0.0600. The van der Waals surface area contributed by atoms with Crippen LogP contribution in [-0.4, -0.2) is 34.3 Å². The minimum atomic E-state index is -1.55. The number of aryl methyl sites for hydroxylation is 2. The van der Waals surface area contributed by atoms with Crippen LogP contribution in [0.1, 0.15) is 36.9 Å². The molecule has 0 radical (unpaired) electrons. The maximum atomic E-state index is 11.2. The number of aromatic nitrogens is 1. The van der Waals surface area contributed by atoms with Crippen molar-refractivity contribution in [2.24, 2.45) is 11.8 Å². The monoisotopic (exact) mass is 356 g/mol. The van der Waals surface area contributed by atoms with Gasteiger partial charge < -0.3 is 15.1 Å². The fourth-order valence-corrected chi connectivity index (χ4v) is 3.25. The third-order valence-corrected chi connectivity index (χ3v) is 5.13. The maximum absolute atomic E-state index is 11.2. The second kappa shape index (κ2) is 5.93. The molecule has 21 heavy (non-hydrogen) atoms. The Labute approximate surface area is 133 Å². The van der Waals surface area contributed by atoms with Crippen molar-refractivity contribution < 1.29 is 15.0 Å². The zero-order valence-electron chi connectivity index (χ0n) is 12.7. The molecule has 0 aromatic carbocycles. The van der Waals surface area contributed by atoms with E-state index in [1.165, 1.54) is 0 Å². The molecule has 1 atom stereocenters. The molecule has 116 valence electrons. The van der Waals surface area contributed by atoms with Gasteiger partial charge in [0, 0.05) is 24.3 Å². The SMILES string of the molecule is Cc1nc(C)c(C(O)C(=O)O)c(N2CC(C(C)C)C2)c1Br.